The van der Waals surface area contributed by atoms with Crippen LogP contribution in [-0.2, 0) is 0 Å². The Labute approximate surface area is 76.9 Å². The molecule has 72 valence electrons. The summed E-state index contributed by atoms with van der Waals surface area (Å²) in [6, 6.07) is 0. The molecule has 1 fully saturated rings. The Bertz CT molecular complexity index is 117. The van der Waals surface area contributed by atoms with Gasteiger partial charge in [-0.2, -0.15) is 0 Å². The second-order valence-corrected chi connectivity index (χ2v) is 4.67. The van der Waals surface area contributed by atoms with Gasteiger partial charge in [-0.05, 0) is 51.5 Å². The molecule has 0 heterocycles. The normalized spacial score (nSPS) is 36.8. The van der Waals surface area contributed by atoms with E-state index in [0.29, 0.717) is 5.54 Å². The van der Waals surface area contributed by atoms with E-state index in [1.807, 2.05) is 0 Å². The molecule has 1 nitrogen and oxygen atoms in total. The van der Waals surface area contributed by atoms with Crippen LogP contribution in [0, 0.1) is 5.92 Å². The number of hydrogen-bond acceptors (Lipinski definition) is 1. The minimum absolute atomic E-state index is 0.461. The summed E-state index contributed by atoms with van der Waals surface area (Å²) in [6.07, 6.45) is 6.81. The first-order valence-corrected chi connectivity index (χ1v) is 5.41. The molecule has 1 aliphatic carbocycles. The molecule has 0 aromatic heterocycles. The second-order valence-electron chi connectivity index (χ2n) is 4.67. The lowest BCUT2D eigenvalue weighted by Crippen LogP contribution is -2.45. The molecule has 12 heavy (non-hydrogen) atoms. The highest BCUT2D eigenvalue weighted by molar-refractivity contribution is 4.87. The van der Waals surface area contributed by atoms with Gasteiger partial charge < -0.3 is 5.32 Å². The van der Waals surface area contributed by atoms with E-state index in [0.717, 1.165) is 5.92 Å². The molecule has 1 saturated carbocycles. The molecule has 1 rings (SSSR count). The van der Waals surface area contributed by atoms with Crippen LogP contribution in [0.25, 0.3) is 0 Å². The molecular weight excluding hydrogens is 146 g/mol. The van der Waals surface area contributed by atoms with E-state index in [1.54, 1.807) is 0 Å². The van der Waals surface area contributed by atoms with Crippen molar-refractivity contribution in [1.29, 1.82) is 0 Å². The molecule has 1 heteroatoms. The molecule has 0 amide bonds. The second kappa shape index (κ2) is 4.27. The predicted molar refractivity (Wildman–Crippen MR) is 54.3 cm³/mol. The lowest BCUT2D eigenvalue weighted by Gasteiger charge is -2.37. The van der Waals surface area contributed by atoms with Crippen LogP contribution in [0.3, 0.4) is 0 Å². The number of hydrogen-bond donors (Lipinski definition) is 1. The fraction of sp³-hybridized carbons (Fsp3) is 1.00. The maximum Gasteiger partial charge on any atom is 0.0153 e. The highest BCUT2D eigenvalue weighted by Crippen LogP contribution is 2.31. The van der Waals surface area contributed by atoms with E-state index >= 15 is 0 Å². The third-order valence-electron chi connectivity index (χ3n) is 3.18. The van der Waals surface area contributed by atoms with Crippen LogP contribution in [0.1, 0.15) is 52.9 Å². The molecule has 0 unspecified atom stereocenters. The molecular formula is C11H23N. The van der Waals surface area contributed by atoms with Crippen molar-refractivity contribution >= 4 is 0 Å². The molecule has 0 atom stereocenters. The molecule has 0 saturated heterocycles. The van der Waals surface area contributed by atoms with Crippen molar-refractivity contribution in [2.24, 2.45) is 5.92 Å². The minimum Gasteiger partial charge on any atom is -0.312 e. The van der Waals surface area contributed by atoms with Gasteiger partial charge in [0.2, 0.25) is 0 Å². The highest BCUT2D eigenvalue weighted by atomic mass is 15.0. The van der Waals surface area contributed by atoms with Gasteiger partial charge in [0, 0.05) is 5.54 Å². The van der Waals surface area contributed by atoms with Crippen molar-refractivity contribution in [2.45, 2.75) is 58.4 Å². The van der Waals surface area contributed by atoms with Crippen molar-refractivity contribution < 1.29 is 0 Å². The van der Waals surface area contributed by atoms with E-state index in [1.165, 1.54) is 38.6 Å². The lowest BCUT2D eigenvalue weighted by molar-refractivity contribution is 0.215. The van der Waals surface area contributed by atoms with Crippen molar-refractivity contribution in [2.75, 3.05) is 6.54 Å². The van der Waals surface area contributed by atoms with Gasteiger partial charge in [-0.15, -0.1) is 0 Å². The van der Waals surface area contributed by atoms with Crippen molar-refractivity contribution in [3.63, 3.8) is 0 Å². The largest absolute Gasteiger partial charge is 0.312 e. The van der Waals surface area contributed by atoms with E-state index < -0.39 is 0 Å². The Kier molecular flexibility index (Phi) is 3.57. The zero-order valence-corrected chi connectivity index (χ0v) is 8.82. The Morgan fingerprint density at radius 3 is 2.42 bits per heavy atom. The van der Waals surface area contributed by atoms with Gasteiger partial charge >= 0.3 is 0 Å². The zero-order valence-electron chi connectivity index (χ0n) is 8.82. The first kappa shape index (κ1) is 10.0. The molecule has 0 radical (unpaired) electrons. The highest BCUT2D eigenvalue weighted by Gasteiger charge is 2.28. The van der Waals surface area contributed by atoms with Crippen LogP contribution in [0.2, 0.25) is 0 Å². The molecule has 0 aromatic rings. The predicted octanol–water partition coefficient (Wildman–Crippen LogP) is 2.95. The summed E-state index contributed by atoms with van der Waals surface area (Å²) >= 11 is 0. The van der Waals surface area contributed by atoms with Crippen LogP contribution in [0.15, 0.2) is 0 Å². The van der Waals surface area contributed by atoms with Gasteiger partial charge in [-0.3, -0.25) is 0 Å². The smallest absolute Gasteiger partial charge is 0.0153 e. The summed E-state index contributed by atoms with van der Waals surface area (Å²) in [5.41, 5.74) is 0.461. The Morgan fingerprint density at radius 1 is 1.33 bits per heavy atom. The summed E-state index contributed by atoms with van der Waals surface area (Å²) in [5, 5.41) is 3.67. The van der Waals surface area contributed by atoms with Crippen LogP contribution in [0.4, 0.5) is 0 Å². The summed E-state index contributed by atoms with van der Waals surface area (Å²) in [4.78, 5) is 0. The van der Waals surface area contributed by atoms with Crippen molar-refractivity contribution in [3.05, 3.63) is 0 Å². The molecule has 1 aliphatic rings. The van der Waals surface area contributed by atoms with Gasteiger partial charge in [-0.25, -0.2) is 0 Å². The lowest BCUT2D eigenvalue weighted by atomic mass is 9.78. The summed E-state index contributed by atoms with van der Waals surface area (Å²) in [5.74, 6) is 0.960. The van der Waals surface area contributed by atoms with E-state index in [2.05, 4.69) is 26.1 Å². The fourth-order valence-corrected chi connectivity index (χ4v) is 2.00. The van der Waals surface area contributed by atoms with E-state index in [-0.39, 0.29) is 0 Å². The van der Waals surface area contributed by atoms with Gasteiger partial charge in [0.15, 0.2) is 0 Å². The summed E-state index contributed by atoms with van der Waals surface area (Å²) in [7, 11) is 0. The van der Waals surface area contributed by atoms with Crippen LogP contribution in [0.5, 0.6) is 0 Å². The quantitative estimate of drug-likeness (QED) is 0.685. The molecule has 0 spiro atoms. The Morgan fingerprint density at radius 2 is 1.92 bits per heavy atom. The first-order valence-electron chi connectivity index (χ1n) is 5.41. The van der Waals surface area contributed by atoms with Crippen molar-refractivity contribution in [1.82, 2.24) is 5.32 Å². The first-order chi connectivity index (χ1) is 5.66. The Hall–Kier alpha value is -0.0400. The molecule has 0 aliphatic heterocycles. The van der Waals surface area contributed by atoms with Gasteiger partial charge in [0.05, 0.1) is 0 Å². The molecule has 0 aromatic carbocycles. The zero-order chi connectivity index (χ0) is 9.03. The van der Waals surface area contributed by atoms with E-state index in [4.69, 9.17) is 0 Å². The van der Waals surface area contributed by atoms with Crippen molar-refractivity contribution in [3.8, 4) is 0 Å². The summed E-state index contributed by atoms with van der Waals surface area (Å²) < 4.78 is 0. The van der Waals surface area contributed by atoms with Crippen LogP contribution < -0.4 is 5.32 Å². The monoisotopic (exact) mass is 169 g/mol. The number of rotatable bonds is 3. The molecule has 0 bridgehead atoms. The van der Waals surface area contributed by atoms with Crippen LogP contribution >= 0.6 is 0 Å². The summed E-state index contributed by atoms with van der Waals surface area (Å²) in [6.45, 7) is 8.18. The average Bonchev–Trinajstić information content (AvgIpc) is 2.08. The standard InChI is InChI=1S/C11H23N/c1-4-9-12-11(3)7-5-10(2)6-8-11/h10,12H,4-9H2,1-3H3. The van der Waals surface area contributed by atoms with Gasteiger partial charge in [0.25, 0.3) is 0 Å². The fourth-order valence-electron chi connectivity index (χ4n) is 2.00. The number of nitrogens with one attached hydrogen (secondary N) is 1. The van der Waals surface area contributed by atoms with Crippen LogP contribution in [-0.4, -0.2) is 12.1 Å². The maximum atomic E-state index is 3.67. The Balaban J connectivity index is 2.29. The topological polar surface area (TPSA) is 12.0 Å². The minimum atomic E-state index is 0.461. The van der Waals surface area contributed by atoms with E-state index in [9.17, 15) is 0 Å². The third-order valence-corrected chi connectivity index (χ3v) is 3.18. The average molecular weight is 169 g/mol. The maximum absolute atomic E-state index is 3.67. The molecule has 1 N–H and O–H groups in total. The van der Waals surface area contributed by atoms with Gasteiger partial charge in [0.1, 0.15) is 0 Å². The van der Waals surface area contributed by atoms with Gasteiger partial charge in [-0.1, -0.05) is 13.8 Å². The third kappa shape index (κ3) is 2.78. The SMILES string of the molecule is CCCNC1(C)CCC(C)CC1.